The quantitative estimate of drug-likeness (QED) is 0.183. The van der Waals surface area contributed by atoms with Crippen LogP contribution in [0, 0.1) is 0 Å². The van der Waals surface area contributed by atoms with Crippen LogP contribution in [-0.4, -0.2) is 16.0 Å². The molecule has 1 aromatic heterocycles. The maximum atomic E-state index is 11.2. The van der Waals surface area contributed by atoms with Crippen LogP contribution in [0.25, 0.3) is 11.3 Å². The molecule has 0 bridgehead atoms. The summed E-state index contributed by atoms with van der Waals surface area (Å²) in [4.78, 5) is 22.2. The molecule has 0 spiro atoms. The van der Waals surface area contributed by atoms with Gasteiger partial charge in [0.1, 0.15) is 5.84 Å². The highest BCUT2D eigenvalue weighted by Crippen LogP contribution is 2.14. The Morgan fingerprint density at radius 2 is 1.78 bits per heavy atom. The Kier molecular flexibility index (Phi) is 2.96. The normalized spacial score (nSPS) is 11.4. The average Bonchev–Trinajstić information content (AvgIpc) is 2.41. The molecule has 1 aromatic carbocycles. The molecule has 0 saturated heterocycles. The number of hydrogen-bond acceptors (Lipinski definition) is 4. The van der Waals surface area contributed by atoms with E-state index < -0.39 is 11.0 Å². The predicted molar refractivity (Wildman–Crippen MR) is 68.0 cm³/mol. The molecule has 0 unspecified atom stereocenters. The van der Waals surface area contributed by atoms with E-state index in [2.05, 4.69) is 15.3 Å². The number of nitrogens with one attached hydrogen (secondary N) is 2. The fourth-order valence-corrected chi connectivity index (χ4v) is 1.47. The van der Waals surface area contributed by atoms with Gasteiger partial charge in [-0.15, -0.1) is 0 Å². The summed E-state index contributed by atoms with van der Waals surface area (Å²) < 4.78 is 0. The highest BCUT2D eigenvalue weighted by molar-refractivity contribution is 5.97. The second kappa shape index (κ2) is 4.58. The molecular weight excluding hydrogens is 234 g/mol. The zero-order valence-corrected chi connectivity index (χ0v) is 9.31. The van der Waals surface area contributed by atoms with Crippen LogP contribution >= 0.6 is 0 Å². The zero-order valence-electron chi connectivity index (χ0n) is 9.31. The summed E-state index contributed by atoms with van der Waals surface area (Å²) in [5, 5.41) is 8.26. The van der Waals surface area contributed by atoms with E-state index >= 15 is 0 Å². The van der Waals surface area contributed by atoms with Crippen LogP contribution < -0.4 is 22.6 Å². The van der Waals surface area contributed by atoms with Crippen LogP contribution in [0.4, 0.5) is 0 Å². The molecule has 0 atom stereocenters. The van der Waals surface area contributed by atoms with Gasteiger partial charge in [-0.25, -0.2) is 0 Å². The third kappa shape index (κ3) is 2.14. The van der Waals surface area contributed by atoms with Crippen LogP contribution in [0.1, 0.15) is 5.56 Å². The van der Waals surface area contributed by atoms with E-state index in [1.165, 1.54) is 6.07 Å². The molecule has 92 valence electrons. The molecule has 6 N–H and O–H groups in total. The number of nitrogens with two attached hydrogens (primary N) is 2. The average molecular weight is 245 g/mol. The van der Waals surface area contributed by atoms with Gasteiger partial charge in [0.2, 0.25) is 5.43 Å². The Balaban J connectivity index is 2.43. The van der Waals surface area contributed by atoms with Crippen LogP contribution in [0.2, 0.25) is 0 Å². The first-order chi connectivity index (χ1) is 8.61. The summed E-state index contributed by atoms with van der Waals surface area (Å²) >= 11 is 0. The first kappa shape index (κ1) is 11.6. The van der Waals surface area contributed by atoms with E-state index in [9.17, 15) is 9.59 Å². The van der Waals surface area contributed by atoms with Gasteiger partial charge in [-0.3, -0.25) is 19.8 Å². The monoisotopic (exact) mass is 245 g/mol. The summed E-state index contributed by atoms with van der Waals surface area (Å²) in [6.45, 7) is 0. The minimum Gasteiger partial charge on any atom is -0.382 e. The summed E-state index contributed by atoms with van der Waals surface area (Å²) in [5.74, 6) is 5.28. The van der Waals surface area contributed by atoms with Gasteiger partial charge in [-0.05, 0) is 5.56 Å². The van der Waals surface area contributed by atoms with Gasteiger partial charge >= 0.3 is 5.56 Å². The first-order valence-corrected chi connectivity index (χ1v) is 5.08. The molecule has 0 aliphatic carbocycles. The van der Waals surface area contributed by atoms with Crippen molar-refractivity contribution in [3.8, 4) is 11.3 Å². The summed E-state index contributed by atoms with van der Waals surface area (Å²) in [6, 6.07) is 8.12. The Morgan fingerprint density at radius 1 is 1.11 bits per heavy atom. The number of hydrogen-bond donors (Lipinski definition) is 4. The number of aromatic nitrogens is 2. The van der Waals surface area contributed by atoms with Crippen LogP contribution in [0.15, 0.2) is 45.0 Å². The number of hydrazone groups is 1. The Labute approximate surface area is 101 Å². The molecule has 0 amide bonds. The molecule has 0 fully saturated rings. The van der Waals surface area contributed by atoms with Crippen LogP contribution in [-0.2, 0) is 0 Å². The lowest BCUT2D eigenvalue weighted by Crippen LogP contribution is -2.26. The van der Waals surface area contributed by atoms with Gasteiger partial charge < -0.3 is 11.6 Å². The number of H-pyrrole nitrogens is 2. The highest BCUT2D eigenvalue weighted by Gasteiger charge is 2.03. The van der Waals surface area contributed by atoms with E-state index in [-0.39, 0.29) is 5.84 Å². The van der Waals surface area contributed by atoms with E-state index in [1.807, 2.05) is 0 Å². The fraction of sp³-hybridized carbons (Fsp3) is 0. The molecule has 0 radical (unpaired) electrons. The predicted octanol–water partition coefficient (Wildman–Crippen LogP) is -0.691. The first-order valence-electron chi connectivity index (χ1n) is 5.08. The molecule has 7 nitrogen and oxygen atoms in total. The van der Waals surface area contributed by atoms with Crippen molar-refractivity contribution in [1.29, 1.82) is 0 Å². The second-order valence-corrected chi connectivity index (χ2v) is 3.59. The smallest absolute Gasteiger partial charge is 0.310 e. The van der Waals surface area contributed by atoms with Gasteiger partial charge in [0.25, 0.3) is 0 Å². The van der Waals surface area contributed by atoms with E-state index in [1.54, 1.807) is 24.3 Å². The molecule has 0 saturated carbocycles. The molecule has 18 heavy (non-hydrogen) atoms. The lowest BCUT2D eigenvalue weighted by Gasteiger charge is -2.03. The number of benzene rings is 1. The minimum absolute atomic E-state index is 0.219. The standard InChI is InChI=1S/C11H11N5O2/c12-10(14-13)7-3-1-6(2-4-7)8-5-9(17)11(18)16-15-8/h1-5H,13H2,(H2,12,14)(H,15,17)(H,16,18). The Hall–Kier alpha value is -2.83. The summed E-state index contributed by atoms with van der Waals surface area (Å²) in [5.41, 5.74) is 6.18. The fourth-order valence-electron chi connectivity index (χ4n) is 1.47. The summed E-state index contributed by atoms with van der Waals surface area (Å²) in [6.07, 6.45) is 0. The second-order valence-electron chi connectivity index (χ2n) is 3.59. The Bertz CT molecular complexity index is 696. The van der Waals surface area contributed by atoms with E-state index in [0.29, 0.717) is 11.3 Å². The highest BCUT2D eigenvalue weighted by atomic mass is 16.2. The van der Waals surface area contributed by atoms with Crippen molar-refractivity contribution in [2.24, 2.45) is 16.7 Å². The lowest BCUT2D eigenvalue weighted by atomic mass is 10.1. The van der Waals surface area contributed by atoms with E-state index in [4.69, 9.17) is 11.6 Å². The SMILES string of the molecule is N/N=C(\N)c1ccc(-c2cc(=O)c(=O)[nH][nH]2)cc1. The Morgan fingerprint density at radius 3 is 2.33 bits per heavy atom. The van der Waals surface area contributed by atoms with Gasteiger partial charge in [0.05, 0.1) is 5.69 Å². The van der Waals surface area contributed by atoms with Gasteiger partial charge in [-0.1, -0.05) is 24.3 Å². The minimum atomic E-state index is -0.685. The van der Waals surface area contributed by atoms with Gasteiger partial charge in [0.15, 0.2) is 0 Å². The van der Waals surface area contributed by atoms with Crippen molar-refractivity contribution in [2.45, 2.75) is 0 Å². The van der Waals surface area contributed by atoms with Crippen LogP contribution in [0.5, 0.6) is 0 Å². The van der Waals surface area contributed by atoms with Crippen molar-refractivity contribution in [3.05, 3.63) is 56.5 Å². The van der Waals surface area contributed by atoms with Gasteiger partial charge in [-0.2, -0.15) is 5.10 Å². The van der Waals surface area contributed by atoms with Crippen molar-refractivity contribution >= 4 is 5.84 Å². The lowest BCUT2D eigenvalue weighted by molar-refractivity contribution is 0.979. The third-order valence-electron chi connectivity index (χ3n) is 2.44. The maximum absolute atomic E-state index is 11.2. The van der Waals surface area contributed by atoms with Crippen molar-refractivity contribution in [3.63, 3.8) is 0 Å². The number of aromatic amines is 2. The third-order valence-corrected chi connectivity index (χ3v) is 2.44. The largest absolute Gasteiger partial charge is 0.382 e. The molecule has 2 aromatic rings. The molecule has 2 rings (SSSR count). The topological polar surface area (TPSA) is 130 Å². The maximum Gasteiger partial charge on any atom is 0.310 e. The van der Waals surface area contributed by atoms with E-state index in [0.717, 1.165) is 5.56 Å². The molecule has 7 heteroatoms. The molecule has 0 aliphatic heterocycles. The number of rotatable bonds is 2. The summed E-state index contributed by atoms with van der Waals surface area (Å²) in [7, 11) is 0. The van der Waals surface area contributed by atoms with Crippen molar-refractivity contribution < 1.29 is 0 Å². The van der Waals surface area contributed by atoms with Gasteiger partial charge in [0, 0.05) is 11.6 Å². The molecule has 0 aliphatic rings. The van der Waals surface area contributed by atoms with Crippen LogP contribution in [0.3, 0.4) is 0 Å². The molecule has 1 heterocycles. The molecular formula is C11H11N5O2. The number of nitrogens with zero attached hydrogens (tertiary/aromatic N) is 1. The zero-order chi connectivity index (χ0) is 13.1. The van der Waals surface area contributed by atoms with Crippen molar-refractivity contribution in [2.75, 3.05) is 0 Å². The number of amidine groups is 1. The van der Waals surface area contributed by atoms with Crippen molar-refractivity contribution in [1.82, 2.24) is 10.2 Å².